The summed E-state index contributed by atoms with van der Waals surface area (Å²) in [6, 6.07) is 11.4. The van der Waals surface area contributed by atoms with Crippen LogP contribution in [0.15, 0.2) is 42.5 Å². The highest BCUT2D eigenvalue weighted by molar-refractivity contribution is 5.94. The number of benzene rings is 2. The number of carbonyl (C=O) groups is 1. The van der Waals surface area contributed by atoms with E-state index >= 15 is 0 Å². The molecule has 2 aromatic carbocycles. The molecule has 116 valence electrons. The number of ether oxygens (including phenoxy) is 2. The van der Waals surface area contributed by atoms with Gasteiger partial charge in [-0.1, -0.05) is 12.1 Å². The minimum Gasteiger partial charge on any atom is -0.496 e. The number of carbonyl (C=O) groups excluding carboxylic acids is 1. The molecule has 0 saturated heterocycles. The summed E-state index contributed by atoms with van der Waals surface area (Å²) >= 11 is 0. The van der Waals surface area contributed by atoms with E-state index in [1.165, 1.54) is 25.3 Å². The zero-order valence-corrected chi connectivity index (χ0v) is 12.6. The van der Waals surface area contributed by atoms with Crippen molar-refractivity contribution in [1.82, 2.24) is 5.32 Å². The van der Waals surface area contributed by atoms with Gasteiger partial charge in [0.25, 0.3) is 5.91 Å². The summed E-state index contributed by atoms with van der Waals surface area (Å²) in [7, 11) is 3.11. The number of methoxy groups -OCH3 is 2. The first-order chi connectivity index (χ1) is 10.6. The van der Waals surface area contributed by atoms with Crippen molar-refractivity contribution in [3.63, 3.8) is 0 Å². The number of amides is 1. The van der Waals surface area contributed by atoms with Gasteiger partial charge in [-0.25, -0.2) is 4.39 Å². The summed E-state index contributed by atoms with van der Waals surface area (Å²) in [6.07, 6.45) is 0. The molecule has 0 fully saturated rings. The Morgan fingerprint density at radius 1 is 1.18 bits per heavy atom. The van der Waals surface area contributed by atoms with Crippen LogP contribution in [0.25, 0.3) is 0 Å². The van der Waals surface area contributed by atoms with Crippen molar-refractivity contribution in [2.45, 2.75) is 13.2 Å². The molecule has 1 amide bonds. The highest BCUT2D eigenvalue weighted by atomic mass is 19.1. The van der Waals surface area contributed by atoms with Crippen molar-refractivity contribution in [2.24, 2.45) is 0 Å². The van der Waals surface area contributed by atoms with Gasteiger partial charge in [0, 0.05) is 24.8 Å². The summed E-state index contributed by atoms with van der Waals surface area (Å²) in [5.41, 5.74) is 2.03. The first-order valence-electron chi connectivity index (χ1n) is 6.82. The van der Waals surface area contributed by atoms with Crippen molar-refractivity contribution in [3.05, 3.63) is 65.0 Å². The van der Waals surface area contributed by atoms with Crippen LogP contribution in [-0.4, -0.2) is 20.1 Å². The zero-order valence-electron chi connectivity index (χ0n) is 12.6. The van der Waals surface area contributed by atoms with E-state index in [1.807, 2.05) is 6.07 Å². The van der Waals surface area contributed by atoms with E-state index in [4.69, 9.17) is 9.47 Å². The molecule has 0 aliphatic rings. The third kappa shape index (κ3) is 4.05. The van der Waals surface area contributed by atoms with E-state index in [-0.39, 0.29) is 18.3 Å². The molecule has 0 spiro atoms. The highest BCUT2D eigenvalue weighted by Crippen LogP contribution is 2.19. The van der Waals surface area contributed by atoms with E-state index in [9.17, 15) is 9.18 Å². The average molecular weight is 303 g/mol. The van der Waals surface area contributed by atoms with Crippen LogP contribution >= 0.6 is 0 Å². The average Bonchev–Trinajstić information content (AvgIpc) is 2.53. The SMILES string of the molecule is COCc1cccc(C(=O)NCc2cc(F)ccc2OC)c1. The Kier molecular flexibility index (Phi) is 5.49. The van der Waals surface area contributed by atoms with Gasteiger partial charge in [-0.05, 0) is 35.9 Å². The van der Waals surface area contributed by atoms with E-state index in [1.54, 1.807) is 25.3 Å². The van der Waals surface area contributed by atoms with Crippen LogP contribution in [0.1, 0.15) is 21.5 Å². The topological polar surface area (TPSA) is 47.6 Å². The second-order valence-electron chi connectivity index (χ2n) is 4.77. The Morgan fingerprint density at radius 3 is 2.73 bits per heavy atom. The van der Waals surface area contributed by atoms with Gasteiger partial charge >= 0.3 is 0 Å². The number of hydrogen-bond donors (Lipinski definition) is 1. The Balaban J connectivity index is 2.07. The predicted octanol–water partition coefficient (Wildman–Crippen LogP) is 2.91. The number of hydrogen-bond acceptors (Lipinski definition) is 3. The number of rotatable bonds is 6. The molecule has 0 heterocycles. The summed E-state index contributed by atoms with van der Waals surface area (Å²) < 4.78 is 23.5. The quantitative estimate of drug-likeness (QED) is 0.892. The summed E-state index contributed by atoms with van der Waals surface area (Å²) in [4.78, 5) is 12.2. The van der Waals surface area contributed by atoms with E-state index in [0.29, 0.717) is 23.5 Å². The summed E-state index contributed by atoms with van der Waals surface area (Å²) in [6.45, 7) is 0.632. The van der Waals surface area contributed by atoms with Crippen molar-refractivity contribution in [1.29, 1.82) is 0 Å². The molecule has 0 saturated carbocycles. The van der Waals surface area contributed by atoms with Gasteiger partial charge < -0.3 is 14.8 Å². The normalized spacial score (nSPS) is 10.3. The monoisotopic (exact) mass is 303 g/mol. The molecule has 1 N–H and O–H groups in total. The zero-order chi connectivity index (χ0) is 15.9. The molecule has 4 nitrogen and oxygen atoms in total. The highest BCUT2D eigenvalue weighted by Gasteiger charge is 2.09. The van der Waals surface area contributed by atoms with Crippen molar-refractivity contribution >= 4 is 5.91 Å². The standard InChI is InChI=1S/C17H18FNO3/c1-21-11-12-4-3-5-13(8-12)17(20)19-10-14-9-15(18)6-7-16(14)22-2/h3-9H,10-11H2,1-2H3,(H,19,20). The molecule has 2 aromatic rings. The fraction of sp³-hybridized carbons (Fsp3) is 0.235. The van der Waals surface area contributed by atoms with Crippen LogP contribution in [0.5, 0.6) is 5.75 Å². The number of nitrogens with one attached hydrogen (secondary N) is 1. The van der Waals surface area contributed by atoms with Gasteiger partial charge in [-0.15, -0.1) is 0 Å². The molecule has 22 heavy (non-hydrogen) atoms. The van der Waals surface area contributed by atoms with Crippen LogP contribution in [0.4, 0.5) is 4.39 Å². The van der Waals surface area contributed by atoms with Gasteiger partial charge in [0.2, 0.25) is 0 Å². The van der Waals surface area contributed by atoms with Crippen LogP contribution < -0.4 is 10.1 Å². The van der Waals surface area contributed by atoms with Gasteiger partial charge in [-0.2, -0.15) is 0 Å². The van der Waals surface area contributed by atoms with Crippen molar-refractivity contribution in [3.8, 4) is 5.75 Å². The lowest BCUT2D eigenvalue weighted by molar-refractivity contribution is 0.0950. The Bertz CT molecular complexity index is 658. The van der Waals surface area contributed by atoms with Gasteiger partial charge in [0.15, 0.2) is 0 Å². The van der Waals surface area contributed by atoms with Gasteiger partial charge in [0.1, 0.15) is 11.6 Å². The van der Waals surface area contributed by atoms with Crippen LogP contribution in [0.3, 0.4) is 0 Å². The number of halogens is 1. The summed E-state index contributed by atoms with van der Waals surface area (Å²) in [5, 5.41) is 2.76. The Hall–Kier alpha value is -2.40. The van der Waals surface area contributed by atoms with Crippen LogP contribution in [-0.2, 0) is 17.9 Å². The molecule has 0 aliphatic heterocycles. The fourth-order valence-electron chi connectivity index (χ4n) is 2.13. The lowest BCUT2D eigenvalue weighted by Gasteiger charge is -2.10. The Morgan fingerprint density at radius 2 is 2.00 bits per heavy atom. The molecule has 0 unspecified atom stereocenters. The van der Waals surface area contributed by atoms with Crippen molar-refractivity contribution in [2.75, 3.05) is 14.2 Å². The predicted molar refractivity (Wildman–Crippen MR) is 81.3 cm³/mol. The summed E-state index contributed by atoms with van der Waals surface area (Å²) in [5.74, 6) is -0.0637. The largest absolute Gasteiger partial charge is 0.496 e. The second kappa shape index (κ2) is 7.56. The molecule has 0 radical (unpaired) electrons. The smallest absolute Gasteiger partial charge is 0.251 e. The molecular formula is C17H18FNO3. The maximum Gasteiger partial charge on any atom is 0.251 e. The first-order valence-corrected chi connectivity index (χ1v) is 6.82. The van der Waals surface area contributed by atoms with Crippen LogP contribution in [0, 0.1) is 5.82 Å². The minimum atomic E-state index is -0.368. The van der Waals surface area contributed by atoms with Gasteiger partial charge in [0.05, 0.1) is 13.7 Å². The molecule has 0 aromatic heterocycles. The third-order valence-electron chi connectivity index (χ3n) is 3.18. The van der Waals surface area contributed by atoms with Crippen LogP contribution in [0.2, 0.25) is 0 Å². The third-order valence-corrected chi connectivity index (χ3v) is 3.18. The lowest BCUT2D eigenvalue weighted by atomic mass is 10.1. The second-order valence-corrected chi connectivity index (χ2v) is 4.77. The minimum absolute atomic E-state index is 0.189. The molecule has 0 aliphatic carbocycles. The molecule has 0 atom stereocenters. The lowest BCUT2D eigenvalue weighted by Crippen LogP contribution is -2.23. The molecule has 2 rings (SSSR count). The van der Waals surface area contributed by atoms with E-state index in [2.05, 4.69) is 5.32 Å². The Labute approximate surface area is 128 Å². The first kappa shape index (κ1) is 16.0. The fourth-order valence-corrected chi connectivity index (χ4v) is 2.13. The molecular weight excluding hydrogens is 285 g/mol. The molecule has 5 heteroatoms. The maximum absolute atomic E-state index is 13.3. The van der Waals surface area contributed by atoms with E-state index in [0.717, 1.165) is 5.56 Å². The van der Waals surface area contributed by atoms with E-state index < -0.39 is 0 Å². The van der Waals surface area contributed by atoms with Gasteiger partial charge in [-0.3, -0.25) is 4.79 Å². The molecule has 0 bridgehead atoms. The maximum atomic E-state index is 13.3. The van der Waals surface area contributed by atoms with Crippen molar-refractivity contribution < 1.29 is 18.7 Å².